The zero-order valence-corrected chi connectivity index (χ0v) is 16.8. The highest BCUT2D eigenvalue weighted by Crippen LogP contribution is 2.25. The normalized spacial score (nSPS) is 13.8. The molecular formula is C16H26O4S4. The van der Waals surface area contributed by atoms with Gasteiger partial charge in [0.25, 0.3) is 0 Å². The number of hydrogen-bond donors (Lipinski definition) is 4. The first-order valence-electron chi connectivity index (χ1n) is 7.74. The lowest BCUT2D eigenvalue weighted by molar-refractivity contribution is 0.224. The summed E-state index contributed by atoms with van der Waals surface area (Å²) in [4.78, 5) is 2.23. The van der Waals surface area contributed by atoms with E-state index in [-0.39, 0.29) is 25.4 Å². The lowest BCUT2D eigenvalue weighted by Gasteiger charge is -2.11. The minimum atomic E-state index is -0.368. The van der Waals surface area contributed by atoms with Crippen LogP contribution in [0.3, 0.4) is 0 Å². The van der Waals surface area contributed by atoms with Gasteiger partial charge in [0.05, 0.1) is 25.4 Å². The SMILES string of the molecule is OCCSCC(O)CSc1ccc(SCC(O)CSCCO)cc1. The molecule has 0 heterocycles. The van der Waals surface area contributed by atoms with Crippen LogP contribution >= 0.6 is 47.0 Å². The average molecular weight is 411 g/mol. The summed E-state index contributed by atoms with van der Waals surface area (Å²) in [7, 11) is 0. The van der Waals surface area contributed by atoms with Gasteiger partial charge in [-0.3, -0.25) is 0 Å². The fourth-order valence-corrected chi connectivity index (χ4v) is 5.01. The lowest BCUT2D eigenvalue weighted by Crippen LogP contribution is -2.14. The van der Waals surface area contributed by atoms with E-state index >= 15 is 0 Å². The smallest absolute Gasteiger partial charge is 0.0724 e. The minimum Gasteiger partial charge on any atom is -0.396 e. The Balaban J connectivity index is 2.22. The Bertz CT molecular complexity index is 380. The second-order valence-corrected chi connectivity index (χ2v) is 9.48. The summed E-state index contributed by atoms with van der Waals surface area (Å²) in [6, 6.07) is 8.14. The number of aliphatic hydroxyl groups excluding tert-OH is 4. The van der Waals surface area contributed by atoms with Crippen LogP contribution in [0.15, 0.2) is 34.1 Å². The van der Waals surface area contributed by atoms with Crippen molar-refractivity contribution in [1.82, 2.24) is 0 Å². The Kier molecular flexibility index (Phi) is 13.7. The molecule has 4 nitrogen and oxygen atoms in total. The van der Waals surface area contributed by atoms with Crippen molar-refractivity contribution in [2.24, 2.45) is 0 Å². The van der Waals surface area contributed by atoms with Crippen LogP contribution in [0.1, 0.15) is 0 Å². The third-order valence-electron chi connectivity index (χ3n) is 2.80. The van der Waals surface area contributed by atoms with Gasteiger partial charge >= 0.3 is 0 Å². The van der Waals surface area contributed by atoms with Crippen LogP contribution < -0.4 is 0 Å². The molecule has 1 aromatic rings. The second-order valence-electron chi connectivity index (χ2n) is 5.00. The third kappa shape index (κ3) is 11.1. The van der Waals surface area contributed by atoms with E-state index in [1.807, 2.05) is 24.3 Å². The van der Waals surface area contributed by atoms with Gasteiger partial charge in [0.1, 0.15) is 0 Å². The highest BCUT2D eigenvalue weighted by molar-refractivity contribution is 8.00. The summed E-state index contributed by atoms with van der Waals surface area (Å²) in [5.74, 6) is 3.91. The molecule has 0 aromatic heterocycles. The van der Waals surface area contributed by atoms with E-state index in [1.54, 1.807) is 47.0 Å². The molecule has 0 aliphatic heterocycles. The number of thioether (sulfide) groups is 4. The fourth-order valence-electron chi connectivity index (χ4n) is 1.68. The second kappa shape index (κ2) is 14.6. The maximum Gasteiger partial charge on any atom is 0.0724 e. The molecule has 2 atom stereocenters. The van der Waals surface area contributed by atoms with Crippen LogP contribution in [0.4, 0.5) is 0 Å². The Labute approximate surface area is 161 Å². The van der Waals surface area contributed by atoms with E-state index in [4.69, 9.17) is 10.2 Å². The number of aliphatic hydroxyl groups is 4. The van der Waals surface area contributed by atoms with Crippen LogP contribution in [0.2, 0.25) is 0 Å². The summed E-state index contributed by atoms with van der Waals surface area (Å²) >= 11 is 6.36. The molecule has 1 aromatic carbocycles. The summed E-state index contributed by atoms with van der Waals surface area (Å²) < 4.78 is 0. The Hall–Kier alpha value is 0.460. The van der Waals surface area contributed by atoms with Crippen molar-refractivity contribution in [2.75, 3.05) is 47.7 Å². The first-order valence-corrected chi connectivity index (χ1v) is 12.0. The van der Waals surface area contributed by atoms with Crippen LogP contribution in [0.5, 0.6) is 0 Å². The molecule has 0 aliphatic rings. The van der Waals surface area contributed by atoms with Crippen LogP contribution in [-0.2, 0) is 0 Å². The van der Waals surface area contributed by atoms with Crippen molar-refractivity contribution in [3.63, 3.8) is 0 Å². The Morgan fingerprint density at radius 3 is 1.38 bits per heavy atom. The molecule has 8 heteroatoms. The molecule has 0 radical (unpaired) electrons. The fraction of sp³-hybridized carbons (Fsp3) is 0.625. The highest BCUT2D eigenvalue weighted by Gasteiger charge is 2.07. The first kappa shape index (κ1) is 22.5. The van der Waals surface area contributed by atoms with Gasteiger partial charge in [0.15, 0.2) is 0 Å². The van der Waals surface area contributed by atoms with Gasteiger partial charge in [-0.2, -0.15) is 23.5 Å². The van der Waals surface area contributed by atoms with Gasteiger partial charge in [0.2, 0.25) is 0 Å². The largest absolute Gasteiger partial charge is 0.396 e. The zero-order valence-electron chi connectivity index (χ0n) is 13.5. The number of benzene rings is 1. The average Bonchev–Trinajstić information content (AvgIpc) is 2.59. The summed E-state index contributed by atoms with van der Waals surface area (Å²) in [5.41, 5.74) is 0. The molecule has 1 rings (SSSR count). The highest BCUT2D eigenvalue weighted by atomic mass is 32.2. The zero-order chi connectivity index (χ0) is 17.6. The maximum absolute atomic E-state index is 9.85. The van der Waals surface area contributed by atoms with Gasteiger partial charge in [-0.25, -0.2) is 0 Å². The predicted molar refractivity (Wildman–Crippen MR) is 109 cm³/mol. The summed E-state index contributed by atoms with van der Waals surface area (Å²) in [6.45, 7) is 0.303. The van der Waals surface area contributed by atoms with Crippen molar-refractivity contribution in [1.29, 1.82) is 0 Å². The van der Waals surface area contributed by atoms with E-state index in [0.29, 0.717) is 34.5 Å². The number of hydrogen-bond acceptors (Lipinski definition) is 8. The van der Waals surface area contributed by atoms with Crippen molar-refractivity contribution < 1.29 is 20.4 Å². The summed E-state index contributed by atoms with van der Waals surface area (Å²) in [5, 5.41) is 37.1. The van der Waals surface area contributed by atoms with Gasteiger partial charge in [-0.05, 0) is 24.3 Å². The lowest BCUT2D eigenvalue weighted by atomic mass is 10.4. The van der Waals surface area contributed by atoms with E-state index in [2.05, 4.69) is 0 Å². The molecule has 4 N–H and O–H groups in total. The van der Waals surface area contributed by atoms with Crippen LogP contribution in [0, 0.1) is 0 Å². The molecule has 0 spiro atoms. The molecule has 0 aliphatic carbocycles. The van der Waals surface area contributed by atoms with Crippen molar-refractivity contribution >= 4 is 47.0 Å². The first-order chi connectivity index (χ1) is 11.7. The van der Waals surface area contributed by atoms with Gasteiger partial charge < -0.3 is 20.4 Å². The molecular weight excluding hydrogens is 384 g/mol. The van der Waals surface area contributed by atoms with Crippen LogP contribution in [0.25, 0.3) is 0 Å². The van der Waals surface area contributed by atoms with Gasteiger partial charge in [-0.1, -0.05) is 0 Å². The monoisotopic (exact) mass is 410 g/mol. The molecule has 0 fully saturated rings. The number of rotatable bonds is 14. The quantitative estimate of drug-likeness (QED) is 0.274. The van der Waals surface area contributed by atoms with E-state index in [9.17, 15) is 10.2 Å². The van der Waals surface area contributed by atoms with Crippen molar-refractivity contribution in [3.8, 4) is 0 Å². The van der Waals surface area contributed by atoms with E-state index in [1.165, 1.54) is 0 Å². The van der Waals surface area contributed by atoms with Crippen molar-refractivity contribution in [3.05, 3.63) is 24.3 Å². The topological polar surface area (TPSA) is 80.9 Å². The van der Waals surface area contributed by atoms with Crippen molar-refractivity contribution in [2.45, 2.75) is 22.0 Å². The van der Waals surface area contributed by atoms with Crippen LogP contribution in [-0.4, -0.2) is 80.4 Å². The standard InChI is InChI=1S/C16H26O4S4/c17-5-7-21-9-13(19)11-23-15-1-2-16(4-3-15)24-12-14(20)10-22-8-6-18/h1-4,13-14,17-20H,5-12H2. The minimum absolute atomic E-state index is 0.151. The molecule has 0 saturated carbocycles. The molecule has 0 amide bonds. The Morgan fingerprint density at radius 1 is 0.667 bits per heavy atom. The maximum atomic E-state index is 9.85. The predicted octanol–water partition coefficient (Wildman–Crippen LogP) is 2.04. The summed E-state index contributed by atoms with van der Waals surface area (Å²) in [6.07, 6.45) is -0.737. The third-order valence-corrected chi connectivity index (χ3v) is 7.30. The molecule has 24 heavy (non-hydrogen) atoms. The van der Waals surface area contributed by atoms with Gasteiger partial charge in [-0.15, -0.1) is 23.5 Å². The molecule has 0 saturated heterocycles. The molecule has 0 bridgehead atoms. The molecule has 138 valence electrons. The van der Waals surface area contributed by atoms with E-state index < -0.39 is 0 Å². The Morgan fingerprint density at radius 2 is 1.04 bits per heavy atom. The van der Waals surface area contributed by atoms with Gasteiger partial charge in [0, 0.05) is 44.3 Å². The van der Waals surface area contributed by atoms with E-state index in [0.717, 1.165) is 9.79 Å². The molecule has 2 unspecified atom stereocenters.